The molecule has 0 spiro atoms. The molecule has 0 fully saturated rings. The Morgan fingerprint density at radius 3 is 1.27 bits per heavy atom. The topological polar surface area (TPSA) is 99.1 Å². The second-order valence-electron chi connectivity index (χ2n) is 18.4. The minimum absolute atomic E-state index is 0.0566. The Morgan fingerprint density at radius 1 is 0.484 bits per heavy atom. The highest BCUT2D eigenvalue weighted by Gasteiger charge is 2.31. The fourth-order valence-electron chi connectivity index (χ4n) is 7.45. The normalized spacial score (nSPS) is 13.2. The first kappa shape index (κ1) is 59.3. The van der Waals surface area contributed by atoms with Gasteiger partial charge in [-0.3, -0.25) is 9.59 Å². The molecule has 62 heavy (non-hydrogen) atoms. The fourth-order valence-corrected chi connectivity index (χ4v) is 7.45. The predicted molar refractivity (Wildman–Crippen MR) is 261 cm³/mol. The fraction of sp³-hybridized carbons (Fsp3) is 0.796. The number of carbonyl (C=O) groups is 3. The van der Waals surface area contributed by atoms with Gasteiger partial charge in [0.2, 0.25) is 0 Å². The molecule has 0 amide bonds. The van der Waals surface area contributed by atoms with E-state index >= 15 is 0 Å². The zero-order valence-corrected chi connectivity index (χ0v) is 41.1. The van der Waals surface area contributed by atoms with Crippen molar-refractivity contribution in [2.24, 2.45) is 0 Å². The van der Waals surface area contributed by atoms with Crippen molar-refractivity contribution < 1.29 is 38.2 Å². The van der Waals surface area contributed by atoms with Gasteiger partial charge < -0.3 is 23.8 Å². The molecule has 0 aliphatic carbocycles. The number of quaternary nitrogens is 1. The van der Waals surface area contributed by atoms with Crippen LogP contribution >= 0.6 is 0 Å². The first-order chi connectivity index (χ1) is 30.1. The van der Waals surface area contributed by atoms with Gasteiger partial charge in [0, 0.05) is 19.3 Å². The van der Waals surface area contributed by atoms with Gasteiger partial charge in [-0.05, 0) is 77.0 Å². The number of hydrogen-bond donors (Lipinski definition) is 1. The number of ether oxygens (including phenoxy) is 3. The molecule has 0 radical (unpaired) electrons. The molecule has 360 valence electrons. The second-order valence-corrected chi connectivity index (χ2v) is 18.4. The van der Waals surface area contributed by atoms with Crippen LogP contribution in [0, 0.1) is 0 Å². The molecule has 0 saturated carbocycles. The van der Waals surface area contributed by atoms with Crippen LogP contribution in [-0.4, -0.2) is 80.6 Å². The highest BCUT2D eigenvalue weighted by molar-refractivity contribution is 5.72. The summed E-state index contributed by atoms with van der Waals surface area (Å²) in [5.41, 5.74) is 0. The SMILES string of the molecule is CCCCC/C=C\C/C=C\CCCCCCCCCC(=O)OCC(COCCC(C(=O)O)[N+](C)(C)C)OC(=O)CCCCCCCCCCC/C=C\C/C=C\CCCCCCC. The van der Waals surface area contributed by atoms with E-state index in [1.54, 1.807) is 0 Å². The molecule has 0 aromatic carbocycles. The average molecular weight is 873 g/mol. The van der Waals surface area contributed by atoms with Gasteiger partial charge in [0.15, 0.2) is 12.1 Å². The van der Waals surface area contributed by atoms with Gasteiger partial charge in [-0.2, -0.15) is 0 Å². The summed E-state index contributed by atoms with van der Waals surface area (Å²) in [7, 11) is 5.53. The van der Waals surface area contributed by atoms with Crippen molar-refractivity contribution in [1.82, 2.24) is 0 Å². The number of hydrogen-bond acceptors (Lipinski definition) is 6. The minimum atomic E-state index is -0.876. The van der Waals surface area contributed by atoms with E-state index in [0.717, 1.165) is 57.8 Å². The van der Waals surface area contributed by atoms with Crippen molar-refractivity contribution in [3.05, 3.63) is 48.6 Å². The average Bonchev–Trinajstić information content (AvgIpc) is 3.23. The third kappa shape index (κ3) is 42.6. The number of nitrogens with zero attached hydrogens (tertiary/aromatic N) is 1. The molecule has 0 saturated heterocycles. The van der Waals surface area contributed by atoms with E-state index in [1.807, 2.05) is 21.1 Å². The van der Waals surface area contributed by atoms with E-state index in [9.17, 15) is 19.5 Å². The van der Waals surface area contributed by atoms with Gasteiger partial charge in [0.25, 0.3) is 0 Å². The molecule has 8 nitrogen and oxygen atoms in total. The number of esters is 2. The van der Waals surface area contributed by atoms with E-state index < -0.39 is 18.1 Å². The number of likely N-dealkylation sites (N-methyl/N-ethyl adjacent to an activating group) is 1. The van der Waals surface area contributed by atoms with Gasteiger partial charge in [-0.15, -0.1) is 0 Å². The lowest BCUT2D eigenvalue weighted by Gasteiger charge is -2.31. The number of carboxylic acids is 1. The molecule has 0 rings (SSSR count). The molecule has 0 bridgehead atoms. The molecule has 8 heteroatoms. The van der Waals surface area contributed by atoms with Crippen LogP contribution in [0.1, 0.15) is 226 Å². The van der Waals surface area contributed by atoms with Crippen LogP contribution in [-0.2, 0) is 28.6 Å². The lowest BCUT2D eigenvalue weighted by atomic mass is 10.1. The second kappa shape index (κ2) is 44.9. The number of rotatable bonds is 46. The summed E-state index contributed by atoms with van der Waals surface area (Å²) < 4.78 is 17.3. The van der Waals surface area contributed by atoms with Crippen molar-refractivity contribution in [3.8, 4) is 0 Å². The first-order valence-electron chi connectivity index (χ1n) is 25.7. The third-order valence-corrected chi connectivity index (χ3v) is 11.5. The zero-order valence-electron chi connectivity index (χ0n) is 41.1. The maximum absolute atomic E-state index is 12.8. The first-order valence-corrected chi connectivity index (χ1v) is 25.7. The van der Waals surface area contributed by atoms with Crippen molar-refractivity contribution in [2.75, 3.05) is 41.0 Å². The summed E-state index contributed by atoms with van der Waals surface area (Å²) >= 11 is 0. The van der Waals surface area contributed by atoms with Crippen molar-refractivity contribution >= 4 is 17.9 Å². The largest absolute Gasteiger partial charge is 0.477 e. The number of carboxylic acid groups (broad SMARTS) is 1. The smallest absolute Gasteiger partial charge is 0.362 e. The summed E-state index contributed by atoms with van der Waals surface area (Å²) in [5.74, 6) is -1.48. The summed E-state index contributed by atoms with van der Waals surface area (Å²) in [6, 6.07) is -0.618. The Bertz CT molecular complexity index is 1150. The maximum atomic E-state index is 12.8. The predicted octanol–water partition coefficient (Wildman–Crippen LogP) is 14.8. The number of carbonyl (C=O) groups excluding carboxylic acids is 2. The van der Waals surface area contributed by atoms with Crippen LogP contribution in [0.4, 0.5) is 0 Å². The maximum Gasteiger partial charge on any atom is 0.362 e. The van der Waals surface area contributed by atoms with Crippen LogP contribution in [0.15, 0.2) is 48.6 Å². The Kier molecular flexibility index (Phi) is 42.9. The lowest BCUT2D eigenvalue weighted by molar-refractivity contribution is -0.887. The zero-order chi connectivity index (χ0) is 45.6. The standard InChI is InChI=1S/C54H97NO7/c1-6-8-10-12-14-16-18-20-22-24-25-26-27-29-31-33-35-37-39-41-43-45-53(57)62-50(48-60-47-46-51(54(58)59)55(3,4)5)49-61-52(56)44-42-40-38-36-34-32-30-28-23-21-19-17-15-13-11-9-7-2/h15,17-18,20-21,23-25,50-51H,6-14,16,19,22,26-49H2,1-5H3/p+1/b17-15-,20-18-,23-21-,25-24-. The molecule has 0 aromatic rings. The van der Waals surface area contributed by atoms with Crippen molar-refractivity contribution in [3.63, 3.8) is 0 Å². The Hall–Kier alpha value is -2.71. The van der Waals surface area contributed by atoms with Gasteiger partial charge >= 0.3 is 17.9 Å². The number of unbranched alkanes of at least 4 members (excludes halogenated alkanes) is 24. The van der Waals surface area contributed by atoms with Gasteiger partial charge in [-0.25, -0.2) is 4.79 Å². The number of allylic oxidation sites excluding steroid dienone is 8. The van der Waals surface area contributed by atoms with E-state index in [2.05, 4.69) is 62.5 Å². The van der Waals surface area contributed by atoms with E-state index in [-0.39, 0.29) is 36.2 Å². The van der Waals surface area contributed by atoms with Crippen LogP contribution < -0.4 is 0 Å². The molecule has 0 aromatic heterocycles. The third-order valence-electron chi connectivity index (χ3n) is 11.5. The van der Waals surface area contributed by atoms with Gasteiger partial charge in [0.05, 0.1) is 34.4 Å². The molecule has 0 aliphatic heterocycles. The van der Waals surface area contributed by atoms with Crippen molar-refractivity contribution in [2.45, 2.75) is 238 Å². The lowest BCUT2D eigenvalue weighted by Crippen LogP contribution is -2.50. The molecule has 2 atom stereocenters. The van der Waals surface area contributed by atoms with Crippen LogP contribution in [0.5, 0.6) is 0 Å². The summed E-state index contributed by atoms with van der Waals surface area (Å²) in [6.45, 7) is 4.71. The Morgan fingerprint density at radius 2 is 0.855 bits per heavy atom. The molecule has 0 aliphatic rings. The highest BCUT2D eigenvalue weighted by atomic mass is 16.6. The van der Waals surface area contributed by atoms with Crippen LogP contribution in [0.2, 0.25) is 0 Å². The Labute approximate surface area is 382 Å². The monoisotopic (exact) mass is 873 g/mol. The summed E-state index contributed by atoms with van der Waals surface area (Å²) in [6.07, 6.45) is 54.4. The molecular weight excluding hydrogens is 775 g/mol. The quantitative estimate of drug-likeness (QED) is 0.0281. The van der Waals surface area contributed by atoms with E-state index in [0.29, 0.717) is 19.3 Å². The highest BCUT2D eigenvalue weighted by Crippen LogP contribution is 2.15. The summed E-state index contributed by atoms with van der Waals surface area (Å²) in [4.78, 5) is 37.2. The van der Waals surface area contributed by atoms with E-state index in [4.69, 9.17) is 14.2 Å². The summed E-state index contributed by atoms with van der Waals surface area (Å²) in [5, 5.41) is 9.65. The van der Waals surface area contributed by atoms with Crippen LogP contribution in [0.3, 0.4) is 0 Å². The van der Waals surface area contributed by atoms with Gasteiger partial charge in [0.1, 0.15) is 6.61 Å². The molecule has 0 heterocycles. The minimum Gasteiger partial charge on any atom is -0.477 e. The van der Waals surface area contributed by atoms with Crippen LogP contribution in [0.25, 0.3) is 0 Å². The molecular formula is C54H98NO7+. The Balaban J connectivity index is 4.26. The van der Waals surface area contributed by atoms with Crippen molar-refractivity contribution in [1.29, 1.82) is 0 Å². The van der Waals surface area contributed by atoms with E-state index in [1.165, 1.54) is 135 Å². The number of aliphatic carboxylic acids is 1. The molecule has 2 unspecified atom stereocenters. The molecule has 1 N–H and O–H groups in total. The van der Waals surface area contributed by atoms with Gasteiger partial charge in [-0.1, -0.05) is 178 Å².